The monoisotopic (exact) mass is 298 g/mol. The normalized spacial score (nSPS) is 15.0. The van der Waals surface area contributed by atoms with Crippen molar-refractivity contribution in [3.8, 4) is 0 Å². The predicted molar refractivity (Wildman–Crippen MR) is 91.3 cm³/mol. The first-order valence-corrected chi connectivity index (χ1v) is 7.75. The van der Waals surface area contributed by atoms with Gasteiger partial charge in [0.1, 0.15) is 0 Å². The molecule has 0 aliphatic carbocycles. The smallest absolute Gasteiger partial charge is 0.0630 e. The molecule has 0 radical (unpaired) electrons. The maximum atomic E-state index is 5.88. The molecule has 1 fully saturated rings. The lowest BCUT2D eigenvalue weighted by Gasteiger charge is -2.18. The van der Waals surface area contributed by atoms with Crippen molar-refractivity contribution in [2.45, 2.75) is 19.8 Å². The number of rotatable bonds is 3. The third kappa shape index (κ3) is 3.45. The number of halogens is 1. The third-order valence-electron chi connectivity index (χ3n) is 3.90. The molecule has 1 heterocycles. The van der Waals surface area contributed by atoms with Gasteiger partial charge in [-0.05, 0) is 67.3 Å². The lowest BCUT2D eigenvalue weighted by atomic mass is 10.1. The Morgan fingerprint density at radius 2 is 1.76 bits per heavy atom. The number of hydrogen-bond acceptors (Lipinski definition) is 2. The fourth-order valence-electron chi connectivity index (χ4n) is 2.65. The molecule has 0 unspecified atom stereocenters. The molecule has 3 heteroatoms. The molecule has 3 rings (SSSR count). The summed E-state index contributed by atoms with van der Waals surface area (Å²) in [5.41, 5.74) is 4.67. The molecule has 0 aromatic heterocycles. The Hall–Kier alpha value is -1.80. The minimum atomic E-state index is 0.736. The maximum Gasteiger partial charge on any atom is 0.0630 e. The van der Waals surface area contributed by atoms with Crippen LogP contribution in [0.4, 0.5) is 11.4 Å². The summed E-state index contributed by atoms with van der Waals surface area (Å²) in [5, 5.41) is 0.736. The predicted octanol–water partition coefficient (Wildman–Crippen LogP) is 5.00. The van der Waals surface area contributed by atoms with E-state index in [2.05, 4.69) is 35.0 Å². The van der Waals surface area contributed by atoms with Crippen LogP contribution in [0.15, 0.2) is 47.5 Å². The summed E-state index contributed by atoms with van der Waals surface area (Å²) in [6.45, 7) is 4.50. The van der Waals surface area contributed by atoms with E-state index in [1.54, 1.807) is 0 Å². The summed E-state index contributed by atoms with van der Waals surface area (Å²) in [4.78, 5) is 6.96. The van der Waals surface area contributed by atoms with Gasteiger partial charge in [-0.3, -0.25) is 4.99 Å². The van der Waals surface area contributed by atoms with Gasteiger partial charge in [0.25, 0.3) is 0 Å². The van der Waals surface area contributed by atoms with Crippen molar-refractivity contribution >= 4 is 29.2 Å². The molecule has 2 nitrogen and oxygen atoms in total. The summed E-state index contributed by atoms with van der Waals surface area (Å²) in [6, 6.07) is 14.2. The van der Waals surface area contributed by atoms with Crippen molar-refractivity contribution in [2.24, 2.45) is 4.99 Å². The van der Waals surface area contributed by atoms with Crippen molar-refractivity contribution in [1.29, 1.82) is 0 Å². The number of hydrogen-bond donors (Lipinski definition) is 0. The Bertz CT molecular complexity index is 641. The molecule has 0 amide bonds. The second-order valence-corrected chi connectivity index (χ2v) is 5.91. The molecule has 0 atom stereocenters. The van der Waals surface area contributed by atoms with E-state index < -0.39 is 0 Å². The van der Waals surface area contributed by atoms with Crippen molar-refractivity contribution in [3.63, 3.8) is 0 Å². The fraction of sp³-hybridized carbons (Fsp3) is 0.278. The molecule has 2 aromatic rings. The van der Waals surface area contributed by atoms with Gasteiger partial charge in [-0.15, -0.1) is 0 Å². The molecular weight excluding hydrogens is 280 g/mol. The van der Waals surface area contributed by atoms with Gasteiger partial charge in [0, 0.05) is 30.0 Å². The third-order valence-corrected chi connectivity index (χ3v) is 4.16. The van der Waals surface area contributed by atoms with Crippen LogP contribution in [0.5, 0.6) is 0 Å². The first-order chi connectivity index (χ1) is 10.2. The molecule has 21 heavy (non-hydrogen) atoms. The van der Waals surface area contributed by atoms with Crippen molar-refractivity contribution in [1.82, 2.24) is 0 Å². The topological polar surface area (TPSA) is 15.6 Å². The second-order valence-electron chi connectivity index (χ2n) is 5.47. The number of aryl methyl sites for hydroxylation is 1. The lowest BCUT2D eigenvalue weighted by molar-refractivity contribution is 0.949. The summed E-state index contributed by atoms with van der Waals surface area (Å²) < 4.78 is 0. The first-order valence-electron chi connectivity index (χ1n) is 7.37. The zero-order chi connectivity index (χ0) is 14.7. The van der Waals surface area contributed by atoms with E-state index in [1.165, 1.54) is 37.2 Å². The molecule has 1 aliphatic heterocycles. The van der Waals surface area contributed by atoms with Crippen molar-refractivity contribution in [3.05, 3.63) is 58.6 Å². The number of aliphatic imine (C=N–C) groups is 1. The molecule has 0 N–H and O–H groups in total. The molecule has 108 valence electrons. The van der Waals surface area contributed by atoms with Gasteiger partial charge in [-0.25, -0.2) is 0 Å². The van der Waals surface area contributed by atoms with E-state index >= 15 is 0 Å². The highest BCUT2D eigenvalue weighted by molar-refractivity contribution is 6.30. The van der Waals surface area contributed by atoms with Crippen LogP contribution in [-0.2, 0) is 0 Å². The van der Waals surface area contributed by atoms with Crippen LogP contribution in [0.25, 0.3) is 0 Å². The van der Waals surface area contributed by atoms with Gasteiger partial charge in [0.2, 0.25) is 0 Å². The Labute approximate surface area is 131 Å². The van der Waals surface area contributed by atoms with Gasteiger partial charge in [0.05, 0.1) is 5.69 Å². The van der Waals surface area contributed by atoms with E-state index in [1.807, 2.05) is 30.5 Å². The van der Waals surface area contributed by atoms with Crippen LogP contribution >= 0.6 is 11.6 Å². The summed E-state index contributed by atoms with van der Waals surface area (Å²) in [5.74, 6) is 0. The highest BCUT2D eigenvalue weighted by Crippen LogP contribution is 2.23. The summed E-state index contributed by atoms with van der Waals surface area (Å²) in [7, 11) is 0. The Balaban J connectivity index is 1.77. The molecule has 1 saturated heterocycles. The van der Waals surface area contributed by atoms with Crippen LogP contribution in [0.3, 0.4) is 0 Å². The maximum absolute atomic E-state index is 5.88. The highest BCUT2D eigenvalue weighted by atomic mass is 35.5. The molecular formula is C18H19ClN2. The van der Waals surface area contributed by atoms with Gasteiger partial charge in [-0.2, -0.15) is 0 Å². The number of anilines is 1. The van der Waals surface area contributed by atoms with Crippen LogP contribution < -0.4 is 4.90 Å². The van der Waals surface area contributed by atoms with E-state index in [9.17, 15) is 0 Å². The average molecular weight is 299 g/mol. The zero-order valence-electron chi connectivity index (χ0n) is 12.2. The highest BCUT2D eigenvalue weighted by Gasteiger charge is 2.12. The molecule has 1 aliphatic rings. The summed E-state index contributed by atoms with van der Waals surface area (Å²) >= 11 is 5.88. The van der Waals surface area contributed by atoms with Crippen LogP contribution in [0.2, 0.25) is 5.02 Å². The van der Waals surface area contributed by atoms with Crippen LogP contribution in [0.1, 0.15) is 24.0 Å². The van der Waals surface area contributed by atoms with Crippen LogP contribution in [-0.4, -0.2) is 19.3 Å². The average Bonchev–Trinajstić information content (AvgIpc) is 3.02. The standard InChI is InChI=1S/C18H19ClN2/c1-14-12-18(21-10-2-3-11-21)9-4-15(14)13-20-17-7-5-16(19)6-8-17/h4-9,12-13H,2-3,10-11H2,1H3. The first kappa shape index (κ1) is 14.2. The van der Waals surface area contributed by atoms with Crippen molar-refractivity contribution < 1.29 is 0 Å². The molecule has 0 spiro atoms. The largest absolute Gasteiger partial charge is 0.372 e. The zero-order valence-corrected chi connectivity index (χ0v) is 13.0. The fourth-order valence-corrected chi connectivity index (χ4v) is 2.77. The SMILES string of the molecule is Cc1cc(N2CCCC2)ccc1C=Nc1ccc(Cl)cc1. The molecule has 2 aromatic carbocycles. The van der Waals surface area contributed by atoms with E-state index in [0.717, 1.165) is 16.3 Å². The lowest BCUT2D eigenvalue weighted by Crippen LogP contribution is -2.17. The minimum absolute atomic E-state index is 0.736. The minimum Gasteiger partial charge on any atom is -0.372 e. The van der Waals surface area contributed by atoms with Gasteiger partial charge < -0.3 is 4.90 Å². The van der Waals surface area contributed by atoms with Gasteiger partial charge in [-0.1, -0.05) is 17.7 Å². The Kier molecular flexibility index (Phi) is 4.26. The molecule has 0 saturated carbocycles. The van der Waals surface area contributed by atoms with E-state index in [4.69, 9.17) is 11.6 Å². The number of nitrogens with zero attached hydrogens (tertiary/aromatic N) is 2. The second kappa shape index (κ2) is 6.31. The van der Waals surface area contributed by atoms with Gasteiger partial charge in [0.15, 0.2) is 0 Å². The molecule has 0 bridgehead atoms. The number of benzene rings is 2. The van der Waals surface area contributed by atoms with Gasteiger partial charge >= 0.3 is 0 Å². The van der Waals surface area contributed by atoms with Crippen LogP contribution in [0, 0.1) is 6.92 Å². The van der Waals surface area contributed by atoms with E-state index in [-0.39, 0.29) is 0 Å². The summed E-state index contributed by atoms with van der Waals surface area (Å²) in [6.07, 6.45) is 4.53. The quantitative estimate of drug-likeness (QED) is 0.728. The Morgan fingerprint density at radius 3 is 2.43 bits per heavy atom. The van der Waals surface area contributed by atoms with Crippen molar-refractivity contribution in [2.75, 3.05) is 18.0 Å². The Morgan fingerprint density at radius 1 is 1.05 bits per heavy atom. The van der Waals surface area contributed by atoms with E-state index in [0.29, 0.717) is 0 Å².